The summed E-state index contributed by atoms with van der Waals surface area (Å²) in [4.78, 5) is 0. The highest BCUT2D eigenvalue weighted by Gasteiger charge is 2.24. The first-order valence-electron chi connectivity index (χ1n) is 6.70. The summed E-state index contributed by atoms with van der Waals surface area (Å²) < 4.78 is 7.77. The second-order valence-corrected chi connectivity index (χ2v) is 5.01. The number of rotatable bonds is 3. The molecule has 2 N–H and O–H groups in total. The molecule has 2 heterocycles. The van der Waals surface area contributed by atoms with Gasteiger partial charge in [-0.05, 0) is 43.0 Å². The zero-order valence-corrected chi connectivity index (χ0v) is 11.1. The summed E-state index contributed by atoms with van der Waals surface area (Å²) in [7, 11) is 1.71. The second-order valence-electron chi connectivity index (χ2n) is 5.01. The number of benzene rings is 1. The molecule has 3 rings (SSSR count). The summed E-state index contributed by atoms with van der Waals surface area (Å²) in [6, 6.07) is 6.46. The number of aryl methyl sites for hydroxylation is 1. The molecule has 1 aromatic heterocycles. The van der Waals surface area contributed by atoms with E-state index in [-0.39, 0.29) is 6.04 Å². The fourth-order valence-electron chi connectivity index (χ4n) is 3.09. The zero-order chi connectivity index (χ0) is 12.7. The van der Waals surface area contributed by atoms with E-state index in [0.29, 0.717) is 0 Å². The first-order valence-corrected chi connectivity index (χ1v) is 6.70. The van der Waals surface area contributed by atoms with Crippen LogP contribution in [0.15, 0.2) is 18.2 Å². The number of aromatic nitrogens is 1. The summed E-state index contributed by atoms with van der Waals surface area (Å²) in [6.07, 6.45) is 3.37. The van der Waals surface area contributed by atoms with Crippen molar-refractivity contribution in [1.82, 2.24) is 4.57 Å². The number of methoxy groups -OCH3 is 1. The van der Waals surface area contributed by atoms with Gasteiger partial charge in [-0.15, -0.1) is 0 Å². The largest absolute Gasteiger partial charge is 0.497 e. The Morgan fingerprint density at radius 2 is 2.28 bits per heavy atom. The van der Waals surface area contributed by atoms with Crippen molar-refractivity contribution in [3.05, 3.63) is 29.5 Å². The van der Waals surface area contributed by atoms with Crippen molar-refractivity contribution >= 4 is 10.9 Å². The lowest BCUT2D eigenvalue weighted by Gasteiger charge is -2.10. The second kappa shape index (κ2) is 4.32. The minimum absolute atomic E-state index is 0.133. The smallest absolute Gasteiger partial charge is 0.119 e. The Bertz CT molecular complexity index is 586. The third-order valence-electron chi connectivity index (χ3n) is 4.03. The summed E-state index contributed by atoms with van der Waals surface area (Å²) in [5.41, 5.74) is 10.4. The average molecular weight is 244 g/mol. The summed E-state index contributed by atoms with van der Waals surface area (Å²) in [5, 5.41) is 1.28. The molecule has 1 aliphatic heterocycles. The lowest BCUT2D eigenvalue weighted by atomic mass is 10.00. The maximum absolute atomic E-state index is 6.32. The minimum Gasteiger partial charge on any atom is -0.497 e. The van der Waals surface area contributed by atoms with Gasteiger partial charge in [0.2, 0.25) is 0 Å². The first-order chi connectivity index (χ1) is 8.76. The van der Waals surface area contributed by atoms with Gasteiger partial charge in [0, 0.05) is 29.2 Å². The molecular weight excluding hydrogens is 224 g/mol. The molecule has 1 unspecified atom stereocenters. The zero-order valence-electron chi connectivity index (χ0n) is 11.1. The monoisotopic (exact) mass is 244 g/mol. The predicted octanol–water partition coefficient (Wildman–Crippen LogP) is 3.01. The van der Waals surface area contributed by atoms with E-state index in [1.165, 1.54) is 28.6 Å². The lowest BCUT2D eigenvalue weighted by molar-refractivity contribution is 0.415. The van der Waals surface area contributed by atoms with Gasteiger partial charge < -0.3 is 15.0 Å². The highest BCUT2D eigenvalue weighted by atomic mass is 16.5. The van der Waals surface area contributed by atoms with Crippen LogP contribution in [-0.4, -0.2) is 11.7 Å². The molecule has 0 fully saturated rings. The standard InChI is InChI=1S/C15H20N2O/c1-3-12(16)15-11-9-10(18-2)6-7-13(11)17-8-4-5-14(15)17/h6-7,9,12H,3-5,8,16H2,1-2H3. The number of hydrogen-bond acceptors (Lipinski definition) is 2. The van der Waals surface area contributed by atoms with Crippen LogP contribution in [0, 0.1) is 0 Å². The molecule has 3 nitrogen and oxygen atoms in total. The third-order valence-corrected chi connectivity index (χ3v) is 4.03. The Kier molecular flexibility index (Phi) is 2.78. The first kappa shape index (κ1) is 11.6. The molecule has 0 saturated carbocycles. The normalized spacial score (nSPS) is 15.9. The molecule has 3 heteroatoms. The van der Waals surface area contributed by atoms with Crippen LogP contribution in [0.4, 0.5) is 0 Å². The highest BCUT2D eigenvalue weighted by molar-refractivity contribution is 5.87. The Morgan fingerprint density at radius 3 is 3.00 bits per heavy atom. The topological polar surface area (TPSA) is 40.2 Å². The van der Waals surface area contributed by atoms with Gasteiger partial charge in [0.1, 0.15) is 5.75 Å². The fourth-order valence-corrected chi connectivity index (χ4v) is 3.09. The van der Waals surface area contributed by atoms with Crippen LogP contribution in [-0.2, 0) is 13.0 Å². The number of ether oxygens (including phenoxy) is 1. The Labute approximate surface area is 108 Å². The molecule has 1 atom stereocenters. The third kappa shape index (κ3) is 1.54. The summed E-state index contributed by atoms with van der Waals surface area (Å²) in [5.74, 6) is 0.913. The molecule has 0 amide bonds. The van der Waals surface area contributed by atoms with Gasteiger partial charge in [-0.25, -0.2) is 0 Å². The van der Waals surface area contributed by atoms with Crippen molar-refractivity contribution < 1.29 is 4.74 Å². The average Bonchev–Trinajstić information content (AvgIpc) is 2.97. The fraction of sp³-hybridized carbons (Fsp3) is 0.467. The van der Waals surface area contributed by atoms with Gasteiger partial charge in [0.15, 0.2) is 0 Å². The molecule has 1 aromatic carbocycles. The summed E-state index contributed by atoms with van der Waals surface area (Å²) in [6.45, 7) is 3.27. The van der Waals surface area contributed by atoms with Gasteiger partial charge in [0.25, 0.3) is 0 Å². The molecule has 96 valence electrons. The van der Waals surface area contributed by atoms with E-state index in [1.807, 2.05) is 6.07 Å². The Hall–Kier alpha value is -1.48. The van der Waals surface area contributed by atoms with Gasteiger partial charge >= 0.3 is 0 Å². The number of fused-ring (bicyclic) bond motifs is 3. The summed E-state index contributed by atoms with van der Waals surface area (Å²) >= 11 is 0. The van der Waals surface area contributed by atoms with Crippen molar-refractivity contribution in [2.45, 2.75) is 38.8 Å². The molecule has 2 aromatic rings. The molecule has 0 aliphatic carbocycles. The lowest BCUT2D eigenvalue weighted by Crippen LogP contribution is -2.10. The van der Waals surface area contributed by atoms with Crippen molar-refractivity contribution in [2.75, 3.05) is 7.11 Å². The van der Waals surface area contributed by atoms with Gasteiger partial charge in [0.05, 0.1) is 7.11 Å². The van der Waals surface area contributed by atoms with Crippen LogP contribution < -0.4 is 10.5 Å². The van der Waals surface area contributed by atoms with Crippen molar-refractivity contribution in [3.63, 3.8) is 0 Å². The molecule has 0 radical (unpaired) electrons. The van der Waals surface area contributed by atoms with Gasteiger partial charge in [-0.3, -0.25) is 0 Å². The predicted molar refractivity (Wildman–Crippen MR) is 74.0 cm³/mol. The number of hydrogen-bond donors (Lipinski definition) is 1. The molecule has 18 heavy (non-hydrogen) atoms. The van der Waals surface area contributed by atoms with E-state index < -0.39 is 0 Å². The van der Waals surface area contributed by atoms with Crippen LogP contribution in [0.2, 0.25) is 0 Å². The molecule has 1 aliphatic rings. The van der Waals surface area contributed by atoms with E-state index in [0.717, 1.165) is 25.1 Å². The van der Waals surface area contributed by atoms with Crippen molar-refractivity contribution in [3.8, 4) is 5.75 Å². The molecule has 0 spiro atoms. The highest BCUT2D eigenvalue weighted by Crippen LogP contribution is 2.37. The van der Waals surface area contributed by atoms with Crippen LogP contribution in [0.3, 0.4) is 0 Å². The van der Waals surface area contributed by atoms with E-state index in [4.69, 9.17) is 10.5 Å². The van der Waals surface area contributed by atoms with Gasteiger partial charge in [-0.2, -0.15) is 0 Å². The van der Waals surface area contributed by atoms with E-state index in [2.05, 4.69) is 23.6 Å². The Balaban J connectivity index is 2.29. The molecular formula is C15H20N2O. The van der Waals surface area contributed by atoms with Crippen molar-refractivity contribution in [1.29, 1.82) is 0 Å². The molecule has 0 bridgehead atoms. The number of nitrogens with zero attached hydrogens (tertiary/aromatic N) is 1. The Morgan fingerprint density at radius 1 is 1.44 bits per heavy atom. The maximum atomic E-state index is 6.32. The molecule has 0 saturated heterocycles. The van der Waals surface area contributed by atoms with E-state index >= 15 is 0 Å². The quantitative estimate of drug-likeness (QED) is 0.901. The van der Waals surface area contributed by atoms with Crippen molar-refractivity contribution in [2.24, 2.45) is 5.73 Å². The van der Waals surface area contributed by atoms with E-state index in [1.54, 1.807) is 7.11 Å². The number of nitrogens with two attached hydrogens (primary N) is 1. The van der Waals surface area contributed by atoms with Crippen LogP contribution in [0.1, 0.15) is 37.1 Å². The van der Waals surface area contributed by atoms with Crippen LogP contribution >= 0.6 is 0 Å². The SMILES string of the molecule is CCC(N)c1c2n(c3ccc(OC)cc13)CCC2. The van der Waals surface area contributed by atoms with Crippen LogP contribution in [0.25, 0.3) is 10.9 Å². The minimum atomic E-state index is 0.133. The van der Waals surface area contributed by atoms with Crippen LogP contribution in [0.5, 0.6) is 5.75 Å². The van der Waals surface area contributed by atoms with Gasteiger partial charge in [-0.1, -0.05) is 6.92 Å². The van der Waals surface area contributed by atoms with E-state index in [9.17, 15) is 0 Å². The maximum Gasteiger partial charge on any atom is 0.119 e.